The van der Waals surface area contributed by atoms with Gasteiger partial charge >= 0.3 is 5.97 Å². The summed E-state index contributed by atoms with van der Waals surface area (Å²) in [5.74, 6) is -0.668. The molecule has 1 fully saturated rings. The van der Waals surface area contributed by atoms with Crippen LogP contribution >= 0.6 is 0 Å². The number of hydrogen-bond acceptors (Lipinski definition) is 8. The van der Waals surface area contributed by atoms with Crippen molar-refractivity contribution in [2.45, 2.75) is 32.4 Å². The summed E-state index contributed by atoms with van der Waals surface area (Å²) in [6.45, 7) is 6.38. The zero-order valence-electron chi connectivity index (χ0n) is 13.7. The molecule has 0 radical (unpaired) electrons. The van der Waals surface area contributed by atoms with Crippen LogP contribution in [0.5, 0.6) is 0 Å². The number of tetrazole rings is 1. The molecule has 1 saturated heterocycles. The molecule has 0 saturated carbocycles. The molecule has 0 aromatic carbocycles. The number of carboxylic acids is 1. The lowest BCUT2D eigenvalue weighted by atomic mass is 10.1. The molecule has 0 spiro atoms. The number of aliphatic carboxylic acids is 1. The Morgan fingerprint density at radius 1 is 1.50 bits per heavy atom. The highest BCUT2D eigenvalue weighted by Crippen LogP contribution is 2.18. The molecule has 24 heavy (non-hydrogen) atoms. The fourth-order valence-corrected chi connectivity index (χ4v) is 2.53. The van der Waals surface area contributed by atoms with Crippen LogP contribution in [-0.4, -0.2) is 72.9 Å². The fourth-order valence-electron chi connectivity index (χ4n) is 2.53. The first-order valence-corrected chi connectivity index (χ1v) is 7.31. The number of aromatic nitrogens is 4. The summed E-state index contributed by atoms with van der Waals surface area (Å²) in [5.41, 5.74) is 0. The highest BCUT2D eigenvalue weighted by Gasteiger charge is 2.29. The van der Waals surface area contributed by atoms with Gasteiger partial charge in [-0.3, -0.25) is 14.5 Å². The monoisotopic (exact) mass is 339 g/mol. The number of carboxylic acid groups (broad SMARTS) is 1. The second-order valence-electron chi connectivity index (χ2n) is 5.26. The molecule has 0 aliphatic carbocycles. The molecule has 1 unspecified atom stereocenters. The zero-order valence-corrected chi connectivity index (χ0v) is 13.7. The van der Waals surface area contributed by atoms with Crippen LogP contribution in [0.15, 0.2) is 0 Å². The fraction of sp³-hybridized carbons (Fsp3) is 0.692. The number of carbonyl (C=O) groups is 2. The molecule has 1 amide bonds. The van der Waals surface area contributed by atoms with Crippen molar-refractivity contribution in [1.82, 2.24) is 30.2 Å². The third-order valence-electron chi connectivity index (χ3n) is 3.52. The van der Waals surface area contributed by atoms with Gasteiger partial charge in [-0.15, -0.1) is 5.10 Å². The molecular formula is C13H21N7O4. The first-order valence-electron chi connectivity index (χ1n) is 7.31. The largest absolute Gasteiger partial charge is 0.479 e. The first kappa shape index (κ1) is 19.5. The second-order valence-corrected chi connectivity index (χ2v) is 5.26. The van der Waals surface area contributed by atoms with E-state index in [0.717, 1.165) is 25.2 Å². The number of piperidine rings is 1. The van der Waals surface area contributed by atoms with Crippen LogP contribution in [0.1, 0.15) is 25.6 Å². The number of likely N-dealkylation sites (tertiary alicyclic amines) is 1. The molecule has 1 aliphatic rings. The van der Waals surface area contributed by atoms with Crippen molar-refractivity contribution in [3.63, 3.8) is 0 Å². The van der Waals surface area contributed by atoms with Crippen molar-refractivity contribution < 1.29 is 19.5 Å². The minimum atomic E-state index is -1.11. The Morgan fingerprint density at radius 2 is 2.21 bits per heavy atom. The molecule has 1 N–H and O–H groups in total. The Hall–Kier alpha value is -2.58. The number of carbonyl (C=O) groups excluding carboxylic acids is 1. The van der Waals surface area contributed by atoms with Gasteiger partial charge in [-0.1, -0.05) is 0 Å². The topological polar surface area (TPSA) is 137 Å². The van der Waals surface area contributed by atoms with Gasteiger partial charge in [0.05, 0.1) is 12.6 Å². The van der Waals surface area contributed by atoms with Crippen molar-refractivity contribution in [2.75, 3.05) is 19.7 Å². The number of rotatable bonds is 6. The summed E-state index contributed by atoms with van der Waals surface area (Å²) in [7, 11) is 1.77. The maximum Gasteiger partial charge on any atom is 0.332 e. The lowest BCUT2D eigenvalue weighted by Gasteiger charge is -2.37. The predicted octanol–water partition coefficient (Wildman–Crippen LogP) is -0.821. The van der Waals surface area contributed by atoms with Gasteiger partial charge < -0.3 is 5.11 Å². The van der Waals surface area contributed by atoms with E-state index in [-0.39, 0.29) is 11.9 Å². The average Bonchev–Trinajstić information content (AvgIpc) is 2.94. The lowest BCUT2D eigenvalue weighted by Crippen LogP contribution is -2.49. The number of nitrogens with zero attached hydrogens (tertiary/aromatic N) is 7. The number of amides is 1. The molecule has 1 aliphatic heterocycles. The molecule has 11 nitrogen and oxygen atoms in total. The number of hydroxylamine groups is 2. The molecule has 11 heteroatoms. The van der Waals surface area contributed by atoms with Crippen molar-refractivity contribution in [3.8, 4) is 6.57 Å². The van der Waals surface area contributed by atoms with E-state index in [2.05, 4.69) is 27.0 Å². The maximum atomic E-state index is 11.7. The number of hydrogen-bond donors (Lipinski definition) is 1. The summed E-state index contributed by atoms with van der Waals surface area (Å²) in [6, 6.07) is -0.174. The summed E-state index contributed by atoms with van der Waals surface area (Å²) < 4.78 is 1.60. The van der Waals surface area contributed by atoms with Crippen LogP contribution in [0.3, 0.4) is 0 Å². The van der Waals surface area contributed by atoms with Crippen molar-refractivity contribution in [2.24, 2.45) is 7.05 Å². The smallest absolute Gasteiger partial charge is 0.332 e. The molecular weight excluding hydrogens is 318 g/mol. The van der Waals surface area contributed by atoms with Gasteiger partial charge in [-0.2, -0.15) is 0 Å². The summed E-state index contributed by atoms with van der Waals surface area (Å²) in [4.78, 5) is 29.6. The Labute approximate surface area is 139 Å². The summed E-state index contributed by atoms with van der Waals surface area (Å²) in [5, 5.41) is 27.7. The SMILES string of the molecule is C#N.CC(=O)N(OCC(=O)O)C1CCCN(Cc2nnnn2C)C1. The van der Waals surface area contributed by atoms with Crippen molar-refractivity contribution in [1.29, 1.82) is 5.26 Å². The van der Waals surface area contributed by atoms with Crippen molar-refractivity contribution in [3.05, 3.63) is 5.82 Å². The van der Waals surface area contributed by atoms with Gasteiger partial charge in [-0.05, 0) is 29.8 Å². The van der Waals surface area contributed by atoms with Crippen LogP contribution < -0.4 is 0 Å². The quantitative estimate of drug-likeness (QED) is 0.659. The van der Waals surface area contributed by atoms with E-state index in [1.807, 2.05) is 0 Å². The molecule has 0 bridgehead atoms. The van der Waals surface area contributed by atoms with Crippen LogP contribution in [0.4, 0.5) is 0 Å². The minimum Gasteiger partial charge on any atom is -0.479 e. The van der Waals surface area contributed by atoms with Gasteiger partial charge in [0.2, 0.25) is 5.91 Å². The van der Waals surface area contributed by atoms with E-state index in [1.165, 1.54) is 12.0 Å². The second kappa shape index (κ2) is 9.53. The van der Waals surface area contributed by atoms with Crippen LogP contribution in [0.2, 0.25) is 0 Å². The first-order chi connectivity index (χ1) is 11.5. The normalized spacial score (nSPS) is 17.6. The highest BCUT2D eigenvalue weighted by molar-refractivity contribution is 5.73. The van der Waals surface area contributed by atoms with Gasteiger partial charge in [0, 0.05) is 27.1 Å². The van der Waals surface area contributed by atoms with Crippen LogP contribution in [-0.2, 0) is 28.0 Å². The molecule has 2 heterocycles. The van der Waals surface area contributed by atoms with E-state index < -0.39 is 12.6 Å². The van der Waals surface area contributed by atoms with E-state index >= 15 is 0 Å². The lowest BCUT2D eigenvalue weighted by molar-refractivity contribution is -0.207. The number of nitriles is 1. The summed E-state index contributed by atoms with van der Waals surface area (Å²) in [6.07, 6.45) is 1.66. The molecule has 2 rings (SSSR count). The highest BCUT2D eigenvalue weighted by atomic mass is 16.7. The van der Waals surface area contributed by atoms with Crippen LogP contribution in [0, 0.1) is 11.8 Å². The zero-order chi connectivity index (χ0) is 18.1. The summed E-state index contributed by atoms with van der Waals surface area (Å²) >= 11 is 0. The molecule has 132 valence electrons. The third kappa shape index (κ3) is 5.56. The third-order valence-corrected chi connectivity index (χ3v) is 3.52. The number of aryl methyl sites for hydroxylation is 1. The molecule has 1 atom stereocenters. The van der Waals surface area contributed by atoms with Gasteiger partial charge in [-0.25, -0.2) is 19.8 Å². The Morgan fingerprint density at radius 3 is 2.75 bits per heavy atom. The standard InChI is InChI=1S/C12H20N6O4.CHN/c1-9(19)18(22-8-12(20)21)10-4-3-5-17(6-10)7-11-13-14-15-16(11)2;1-2/h10H,3-8H2,1-2H3,(H,20,21);1H. The molecule has 1 aromatic heterocycles. The van der Waals surface area contributed by atoms with Gasteiger partial charge in [0.1, 0.15) is 0 Å². The Balaban J connectivity index is 0.00000139. The van der Waals surface area contributed by atoms with E-state index in [9.17, 15) is 9.59 Å². The molecule has 1 aromatic rings. The Bertz CT molecular complexity index is 574. The minimum absolute atomic E-state index is 0.174. The maximum absolute atomic E-state index is 11.7. The van der Waals surface area contributed by atoms with Crippen LogP contribution in [0.25, 0.3) is 0 Å². The Kier molecular flexibility index (Phi) is 7.73. The van der Waals surface area contributed by atoms with Crippen molar-refractivity contribution >= 4 is 11.9 Å². The van der Waals surface area contributed by atoms with E-state index in [4.69, 9.17) is 15.2 Å². The van der Waals surface area contributed by atoms with E-state index in [1.54, 1.807) is 11.7 Å². The van der Waals surface area contributed by atoms with Gasteiger partial charge in [0.15, 0.2) is 12.4 Å². The van der Waals surface area contributed by atoms with E-state index in [0.29, 0.717) is 13.1 Å². The van der Waals surface area contributed by atoms with Gasteiger partial charge in [0.25, 0.3) is 0 Å². The average molecular weight is 339 g/mol. The predicted molar refractivity (Wildman–Crippen MR) is 79.9 cm³/mol.